The summed E-state index contributed by atoms with van der Waals surface area (Å²) in [5, 5.41) is 2.75. The molecule has 0 aromatic carbocycles. The number of nitrogens with one attached hydrogen (secondary N) is 2. The molecule has 0 heterocycles. The zero-order chi connectivity index (χ0) is 14.2. The quantitative estimate of drug-likeness (QED) is 0.610. The van der Waals surface area contributed by atoms with Crippen molar-refractivity contribution < 1.29 is 4.79 Å². The van der Waals surface area contributed by atoms with Crippen LogP contribution in [-0.4, -0.2) is 24.7 Å². The van der Waals surface area contributed by atoms with Gasteiger partial charge >= 0.3 is 0 Å². The van der Waals surface area contributed by atoms with E-state index in [0.717, 1.165) is 6.42 Å². The van der Waals surface area contributed by atoms with E-state index in [0.29, 0.717) is 10.7 Å². The van der Waals surface area contributed by atoms with Gasteiger partial charge in [0.05, 0.1) is 0 Å². The third kappa shape index (κ3) is 6.45. The molecular formula is C14H28N2OS. The SMILES string of the molecule is C=CC1CC1C(=O)NSC1(C)CC1.CC.CNC. The van der Waals surface area contributed by atoms with E-state index in [1.807, 2.05) is 34.0 Å². The van der Waals surface area contributed by atoms with Crippen molar-refractivity contribution in [1.82, 2.24) is 10.0 Å². The fourth-order valence-electron chi connectivity index (χ4n) is 1.30. The lowest BCUT2D eigenvalue weighted by molar-refractivity contribution is -0.120. The Morgan fingerprint density at radius 2 is 1.89 bits per heavy atom. The van der Waals surface area contributed by atoms with Gasteiger partial charge in [-0.05, 0) is 58.1 Å². The van der Waals surface area contributed by atoms with Crippen LogP contribution in [0.2, 0.25) is 0 Å². The first kappa shape index (κ1) is 17.5. The van der Waals surface area contributed by atoms with Crippen LogP contribution < -0.4 is 10.0 Å². The molecule has 2 aliphatic carbocycles. The van der Waals surface area contributed by atoms with Gasteiger partial charge in [0, 0.05) is 10.7 Å². The minimum absolute atomic E-state index is 0.197. The van der Waals surface area contributed by atoms with Gasteiger partial charge in [-0.3, -0.25) is 9.52 Å². The van der Waals surface area contributed by atoms with Gasteiger partial charge in [-0.15, -0.1) is 6.58 Å². The van der Waals surface area contributed by atoms with E-state index in [1.54, 1.807) is 11.9 Å². The molecule has 2 fully saturated rings. The summed E-state index contributed by atoms with van der Waals surface area (Å²) in [5.41, 5.74) is 0. The maximum Gasteiger partial charge on any atom is 0.233 e. The molecule has 2 aliphatic rings. The first-order valence-electron chi connectivity index (χ1n) is 6.75. The lowest BCUT2D eigenvalue weighted by Crippen LogP contribution is -2.21. The van der Waals surface area contributed by atoms with Crippen LogP contribution in [0.1, 0.15) is 40.0 Å². The number of hydrogen-bond donors (Lipinski definition) is 2. The van der Waals surface area contributed by atoms with Crippen LogP contribution in [-0.2, 0) is 4.79 Å². The van der Waals surface area contributed by atoms with Crippen LogP contribution in [0.3, 0.4) is 0 Å². The maximum atomic E-state index is 11.5. The van der Waals surface area contributed by atoms with Gasteiger partial charge in [0.2, 0.25) is 5.91 Å². The summed E-state index contributed by atoms with van der Waals surface area (Å²) in [7, 11) is 3.75. The van der Waals surface area contributed by atoms with Gasteiger partial charge in [0.25, 0.3) is 0 Å². The molecule has 0 saturated heterocycles. The second kappa shape index (κ2) is 8.59. The molecular weight excluding hydrogens is 244 g/mol. The van der Waals surface area contributed by atoms with Crippen LogP contribution in [0.4, 0.5) is 0 Å². The smallest absolute Gasteiger partial charge is 0.233 e. The Kier molecular flexibility index (Phi) is 8.36. The molecule has 2 unspecified atom stereocenters. The number of carbonyl (C=O) groups excluding carboxylic acids is 1. The van der Waals surface area contributed by atoms with Crippen molar-refractivity contribution in [2.75, 3.05) is 14.1 Å². The highest BCUT2D eigenvalue weighted by atomic mass is 32.2. The molecule has 3 nitrogen and oxygen atoms in total. The fraction of sp³-hybridized carbons (Fsp3) is 0.786. The lowest BCUT2D eigenvalue weighted by Gasteiger charge is -2.08. The molecule has 0 aromatic heterocycles. The van der Waals surface area contributed by atoms with Gasteiger partial charge < -0.3 is 5.32 Å². The van der Waals surface area contributed by atoms with Crippen molar-refractivity contribution in [3.8, 4) is 0 Å². The van der Waals surface area contributed by atoms with E-state index in [-0.39, 0.29) is 11.8 Å². The Hall–Kier alpha value is -0.480. The number of rotatable bonds is 4. The number of carbonyl (C=O) groups is 1. The first-order valence-corrected chi connectivity index (χ1v) is 7.57. The van der Waals surface area contributed by atoms with E-state index < -0.39 is 0 Å². The van der Waals surface area contributed by atoms with Crippen LogP contribution >= 0.6 is 11.9 Å². The van der Waals surface area contributed by atoms with Gasteiger partial charge in [-0.1, -0.05) is 19.9 Å². The third-order valence-corrected chi connectivity index (χ3v) is 4.04. The van der Waals surface area contributed by atoms with Crippen molar-refractivity contribution in [3.05, 3.63) is 12.7 Å². The molecule has 2 atom stereocenters. The summed E-state index contributed by atoms with van der Waals surface area (Å²) >= 11 is 1.60. The normalized spacial score (nSPS) is 25.6. The fourth-order valence-corrected chi connectivity index (χ4v) is 2.11. The van der Waals surface area contributed by atoms with Gasteiger partial charge in [-0.25, -0.2) is 0 Å². The van der Waals surface area contributed by atoms with Crippen molar-refractivity contribution in [2.24, 2.45) is 11.8 Å². The summed E-state index contributed by atoms with van der Waals surface area (Å²) < 4.78 is 3.28. The monoisotopic (exact) mass is 272 g/mol. The number of allylic oxidation sites excluding steroid dienone is 1. The van der Waals surface area contributed by atoms with Gasteiger partial charge in [0.15, 0.2) is 0 Å². The van der Waals surface area contributed by atoms with E-state index in [4.69, 9.17) is 0 Å². The zero-order valence-electron chi connectivity index (χ0n) is 12.4. The first-order chi connectivity index (χ1) is 8.56. The number of hydrogen-bond acceptors (Lipinski definition) is 3. The van der Waals surface area contributed by atoms with Crippen LogP contribution in [0.25, 0.3) is 0 Å². The molecule has 2 rings (SSSR count). The van der Waals surface area contributed by atoms with Crippen molar-refractivity contribution in [3.63, 3.8) is 0 Å². The Morgan fingerprint density at radius 1 is 1.39 bits per heavy atom. The lowest BCUT2D eigenvalue weighted by atomic mass is 10.3. The van der Waals surface area contributed by atoms with E-state index in [9.17, 15) is 4.79 Å². The Bertz CT molecular complexity index is 265. The molecule has 106 valence electrons. The van der Waals surface area contributed by atoms with Crippen molar-refractivity contribution in [2.45, 2.75) is 44.8 Å². The van der Waals surface area contributed by atoms with Gasteiger partial charge in [-0.2, -0.15) is 0 Å². The van der Waals surface area contributed by atoms with Crippen molar-refractivity contribution >= 4 is 17.9 Å². The molecule has 0 radical (unpaired) electrons. The molecule has 1 amide bonds. The summed E-state index contributed by atoms with van der Waals surface area (Å²) in [5.74, 6) is 0.850. The average molecular weight is 272 g/mol. The molecule has 2 saturated carbocycles. The van der Waals surface area contributed by atoms with E-state index in [2.05, 4.69) is 23.5 Å². The average Bonchev–Trinajstić information content (AvgIpc) is 3.26. The van der Waals surface area contributed by atoms with Gasteiger partial charge in [0.1, 0.15) is 0 Å². The maximum absolute atomic E-state index is 11.5. The minimum atomic E-state index is 0.197. The second-order valence-corrected chi connectivity index (χ2v) is 6.15. The predicted octanol–water partition coefficient (Wildman–Crippen LogP) is 2.99. The Balaban J connectivity index is 0.000000509. The number of amides is 1. The molecule has 0 aromatic rings. The molecule has 0 aliphatic heterocycles. The highest BCUT2D eigenvalue weighted by Gasteiger charge is 2.43. The third-order valence-electron chi connectivity index (χ3n) is 2.83. The zero-order valence-corrected chi connectivity index (χ0v) is 13.2. The van der Waals surface area contributed by atoms with Crippen molar-refractivity contribution in [1.29, 1.82) is 0 Å². The standard InChI is InChI=1S/C10H15NOS.C2H7N.C2H6/c1-3-7-6-8(7)9(12)11-13-10(2)4-5-10;1-3-2;1-2/h3,7-8H,1,4-6H2,2H3,(H,11,12);3H,1-2H3;1-2H3. The van der Waals surface area contributed by atoms with E-state index >= 15 is 0 Å². The molecule has 2 N–H and O–H groups in total. The molecule has 0 spiro atoms. The summed E-state index contributed by atoms with van der Waals surface area (Å²) in [6.45, 7) is 9.88. The Morgan fingerprint density at radius 3 is 2.22 bits per heavy atom. The largest absolute Gasteiger partial charge is 0.323 e. The molecule has 4 heteroatoms. The topological polar surface area (TPSA) is 41.1 Å². The van der Waals surface area contributed by atoms with E-state index in [1.165, 1.54) is 12.8 Å². The summed E-state index contributed by atoms with van der Waals surface area (Å²) in [6.07, 6.45) is 5.33. The molecule has 0 bridgehead atoms. The van der Waals surface area contributed by atoms with Crippen LogP contribution in [0, 0.1) is 11.8 Å². The minimum Gasteiger partial charge on any atom is -0.323 e. The summed E-state index contributed by atoms with van der Waals surface area (Å²) in [4.78, 5) is 11.5. The van der Waals surface area contributed by atoms with Crippen LogP contribution in [0.5, 0.6) is 0 Å². The second-order valence-electron chi connectivity index (χ2n) is 4.76. The predicted molar refractivity (Wildman–Crippen MR) is 81.5 cm³/mol. The highest BCUT2D eigenvalue weighted by Crippen LogP contribution is 2.47. The highest BCUT2D eigenvalue weighted by molar-refractivity contribution is 7.99. The molecule has 18 heavy (non-hydrogen) atoms. The summed E-state index contributed by atoms with van der Waals surface area (Å²) in [6, 6.07) is 0. The Labute approximate surface area is 116 Å². The van der Waals surface area contributed by atoms with Crippen LogP contribution in [0.15, 0.2) is 12.7 Å².